The van der Waals surface area contributed by atoms with Crippen molar-refractivity contribution in [2.45, 2.75) is 46.2 Å². The van der Waals surface area contributed by atoms with Crippen molar-refractivity contribution in [1.82, 2.24) is 0 Å². The molecule has 1 heterocycles. The van der Waals surface area contributed by atoms with E-state index in [0.717, 1.165) is 48.7 Å². The number of aromatic hydroxyl groups is 1. The molecule has 0 fully saturated rings. The van der Waals surface area contributed by atoms with Crippen LogP contribution in [0.3, 0.4) is 0 Å². The molecule has 0 aromatic heterocycles. The first-order valence-electron chi connectivity index (χ1n) is 9.32. The van der Waals surface area contributed by atoms with Gasteiger partial charge in [-0.25, -0.2) is 0 Å². The van der Waals surface area contributed by atoms with E-state index < -0.39 is 0 Å². The predicted octanol–water partition coefficient (Wildman–Crippen LogP) is 2.98. The Labute approximate surface area is 156 Å². The topological polar surface area (TPSA) is 43.1 Å². The molecular weight excluding hydrogens is 326 g/mol. The fourth-order valence-electron chi connectivity index (χ4n) is 3.97. The summed E-state index contributed by atoms with van der Waals surface area (Å²) < 4.78 is 10.9. The van der Waals surface area contributed by atoms with Gasteiger partial charge in [-0.15, -0.1) is 0 Å². The zero-order valence-corrected chi connectivity index (χ0v) is 16.5. The smallest absolute Gasteiger partial charge is 0.161 e. The fraction of sp³-hybridized carbons (Fsp3) is 0.455. The van der Waals surface area contributed by atoms with E-state index in [1.54, 1.807) is 14.2 Å². The minimum atomic E-state index is 0.414. The zero-order chi connectivity index (χ0) is 18.8. The first kappa shape index (κ1) is 18.6. The van der Waals surface area contributed by atoms with Crippen LogP contribution in [0, 0.1) is 6.92 Å². The van der Waals surface area contributed by atoms with Gasteiger partial charge in [0.25, 0.3) is 0 Å². The largest absolute Gasteiger partial charge is 0.507 e. The van der Waals surface area contributed by atoms with Crippen LogP contribution in [0.15, 0.2) is 24.3 Å². The van der Waals surface area contributed by atoms with E-state index in [2.05, 4.69) is 39.0 Å². The molecule has 0 radical (unpaired) electrons. The minimum absolute atomic E-state index is 0.414. The maximum Gasteiger partial charge on any atom is 0.161 e. The van der Waals surface area contributed by atoms with Crippen LogP contribution >= 0.6 is 0 Å². The van der Waals surface area contributed by atoms with Crippen LogP contribution in [0.1, 0.15) is 47.6 Å². The molecule has 4 nitrogen and oxygen atoms in total. The predicted molar refractivity (Wildman–Crippen MR) is 103 cm³/mol. The number of hydrogen-bond acceptors (Lipinski definition) is 3. The lowest BCUT2D eigenvalue weighted by Crippen LogP contribution is -3.10. The molecule has 1 aliphatic rings. The second-order valence-corrected chi connectivity index (χ2v) is 7.57. The van der Waals surface area contributed by atoms with Gasteiger partial charge in [0.2, 0.25) is 0 Å². The molecule has 4 heteroatoms. The van der Waals surface area contributed by atoms with Crippen LogP contribution in [-0.4, -0.2) is 25.9 Å². The van der Waals surface area contributed by atoms with E-state index in [-0.39, 0.29) is 0 Å². The molecule has 0 bridgehead atoms. The van der Waals surface area contributed by atoms with Crippen molar-refractivity contribution in [3.8, 4) is 17.2 Å². The van der Waals surface area contributed by atoms with Crippen molar-refractivity contribution in [3.05, 3.63) is 52.1 Å². The number of quaternary nitrogens is 1. The third-order valence-electron chi connectivity index (χ3n) is 5.42. The van der Waals surface area contributed by atoms with Gasteiger partial charge in [0.05, 0.1) is 20.8 Å². The fourth-order valence-corrected chi connectivity index (χ4v) is 3.97. The summed E-state index contributed by atoms with van der Waals surface area (Å²) in [5.41, 5.74) is 6.17. The Balaban J connectivity index is 1.83. The van der Waals surface area contributed by atoms with Crippen molar-refractivity contribution in [2.24, 2.45) is 0 Å². The molecule has 2 aromatic rings. The monoisotopic (exact) mass is 356 g/mol. The number of rotatable bonds is 5. The normalized spacial score (nSPS) is 16.5. The Morgan fingerprint density at radius 1 is 1.04 bits per heavy atom. The van der Waals surface area contributed by atoms with Crippen LogP contribution in [0.25, 0.3) is 0 Å². The minimum Gasteiger partial charge on any atom is -0.507 e. The first-order valence-corrected chi connectivity index (χ1v) is 9.32. The van der Waals surface area contributed by atoms with Crippen LogP contribution in [0.5, 0.6) is 17.2 Å². The molecule has 1 atom stereocenters. The highest BCUT2D eigenvalue weighted by atomic mass is 16.5. The van der Waals surface area contributed by atoms with Crippen molar-refractivity contribution in [2.75, 3.05) is 20.8 Å². The molecule has 0 aliphatic carbocycles. The number of fused-ring (bicyclic) bond motifs is 1. The van der Waals surface area contributed by atoms with E-state index in [9.17, 15) is 5.11 Å². The Morgan fingerprint density at radius 2 is 1.69 bits per heavy atom. The lowest BCUT2D eigenvalue weighted by Gasteiger charge is -2.27. The summed E-state index contributed by atoms with van der Waals surface area (Å²) in [4.78, 5) is 1.46. The van der Waals surface area contributed by atoms with E-state index in [4.69, 9.17) is 9.47 Å². The third-order valence-corrected chi connectivity index (χ3v) is 5.42. The number of hydrogen-bond donors (Lipinski definition) is 2. The number of benzene rings is 2. The van der Waals surface area contributed by atoms with Crippen LogP contribution < -0.4 is 14.4 Å². The molecule has 26 heavy (non-hydrogen) atoms. The van der Waals surface area contributed by atoms with Crippen LogP contribution in [0.4, 0.5) is 0 Å². The van der Waals surface area contributed by atoms with Gasteiger partial charge in [0, 0.05) is 17.5 Å². The lowest BCUT2D eigenvalue weighted by molar-refractivity contribution is -0.929. The molecule has 2 N–H and O–H groups in total. The van der Waals surface area contributed by atoms with Gasteiger partial charge >= 0.3 is 0 Å². The maximum atomic E-state index is 10.4. The highest BCUT2D eigenvalue weighted by molar-refractivity contribution is 5.48. The van der Waals surface area contributed by atoms with Gasteiger partial charge in [0.1, 0.15) is 18.8 Å². The summed E-state index contributed by atoms with van der Waals surface area (Å²) in [7, 11) is 3.35. The molecular formula is C22H30NO3+. The third kappa shape index (κ3) is 3.65. The summed E-state index contributed by atoms with van der Waals surface area (Å²) in [5, 5.41) is 10.4. The highest BCUT2D eigenvalue weighted by Crippen LogP contribution is 2.31. The summed E-state index contributed by atoms with van der Waals surface area (Å²) in [6.45, 7) is 9.29. The molecule has 2 aromatic carbocycles. The molecule has 0 saturated carbocycles. The average Bonchev–Trinajstić information content (AvgIpc) is 2.62. The highest BCUT2D eigenvalue weighted by Gasteiger charge is 2.23. The number of phenols is 1. The zero-order valence-electron chi connectivity index (χ0n) is 16.5. The Kier molecular flexibility index (Phi) is 5.42. The average molecular weight is 356 g/mol. The molecule has 0 spiro atoms. The standard InChI is InChI=1S/C22H29NO3/c1-14(2)19-9-18(20(24)8-15(19)3)13-23-7-6-16-10-21(25-4)22(26-5)11-17(16)12-23/h8-11,14,24H,6-7,12-13H2,1-5H3/p+1. The number of methoxy groups -OCH3 is 2. The van der Waals surface area contributed by atoms with Crippen molar-refractivity contribution in [1.29, 1.82) is 0 Å². The summed E-state index contributed by atoms with van der Waals surface area (Å²) >= 11 is 0. The molecule has 140 valence electrons. The summed E-state index contributed by atoms with van der Waals surface area (Å²) in [6.07, 6.45) is 1.01. The number of ether oxygens (including phenoxy) is 2. The molecule has 1 aliphatic heterocycles. The Bertz CT molecular complexity index is 798. The summed E-state index contributed by atoms with van der Waals surface area (Å²) in [5.74, 6) is 2.46. The first-order chi connectivity index (χ1) is 12.4. The molecule has 0 saturated heterocycles. The van der Waals surface area contributed by atoms with E-state index in [1.165, 1.54) is 21.6 Å². The van der Waals surface area contributed by atoms with Crippen molar-refractivity contribution >= 4 is 0 Å². The lowest BCUT2D eigenvalue weighted by atomic mass is 9.94. The van der Waals surface area contributed by atoms with Crippen LogP contribution in [0.2, 0.25) is 0 Å². The Morgan fingerprint density at radius 3 is 2.31 bits per heavy atom. The van der Waals surface area contributed by atoms with E-state index >= 15 is 0 Å². The number of nitrogens with one attached hydrogen (secondary N) is 1. The SMILES string of the molecule is COc1cc2c(cc1OC)C[NH+](Cc1cc(C(C)C)c(C)cc1O)CC2. The second kappa shape index (κ2) is 7.58. The van der Waals surface area contributed by atoms with Crippen molar-refractivity contribution in [3.63, 3.8) is 0 Å². The van der Waals surface area contributed by atoms with Gasteiger partial charge in [-0.3, -0.25) is 0 Å². The van der Waals surface area contributed by atoms with Gasteiger partial charge in [0.15, 0.2) is 11.5 Å². The van der Waals surface area contributed by atoms with Crippen molar-refractivity contribution < 1.29 is 19.5 Å². The number of phenolic OH excluding ortho intramolecular Hbond substituents is 1. The molecule has 0 amide bonds. The quantitative estimate of drug-likeness (QED) is 0.866. The van der Waals surface area contributed by atoms with Crippen LogP contribution in [-0.2, 0) is 19.5 Å². The molecule has 1 unspecified atom stereocenters. The maximum absolute atomic E-state index is 10.4. The number of aryl methyl sites for hydroxylation is 1. The second-order valence-electron chi connectivity index (χ2n) is 7.57. The van der Waals surface area contributed by atoms with Gasteiger partial charge in [-0.2, -0.15) is 0 Å². The van der Waals surface area contributed by atoms with Gasteiger partial charge < -0.3 is 19.5 Å². The van der Waals surface area contributed by atoms with E-state index in [0.29, 0.717) is 11.7 Å². The molecule has 3 rings (SSSR count). The van der Waals surface area contributed by atoms with E-state index in [1.807, 2.05) is 6.07 Å². The Hall–Kier alpha value is -2.20. The van der Waals surface area contributed by atoms with Gasteiger partial charge in [-0.1, -0.05) is 13.8 Å². The summed E-state index contributed by atoms with van der Waals surface area (Å²) in [6, 6.07) is 8.30. The van der Waals surface area contributed by atoms with Gasteiger partial charge in [-0.05, 0) is 53.8 Å².